The lowest BCUT2D eigenvalue weighted by molar-refractivity contribution is 0.493. The fraction of sp³-hybridized carbons (Fsp3) is 0.300. The number of nitrogens with one attached hydrogen (secondary N) is 1. The molecule has 1 N–H and O–H groups in total. The Labute approximate surface area is 142 Å². The van der Waals surface area contributed by atoms with Crippen LogP contribution in [0.2, 0.25) is 0 Å². The van der Waals surface area contributed by atoms with Gasteiger partial charge in [-0.2, -0.15) is 0 Å². The Morgan fingerprint density at radius 2 is 1.79 bits per heavy atom. The van der Waals surface area contributed by atoms with Gasteiger partial charge >= 0.3 is 0 Å². The molecule has 0 bridgehead atoms. The summed E-state index contributed by atoms with van der Waals surface area (Å²) in [5.41, 5.74) is 2.03. The lowest BCUT2D eigenvalue weighted by Crippen LogP contribution is -2.31. The fourth-order valence-electron chi connectivity index (χ4n) is 2.91. The van der Waals surface area contributed by atoms with Crippen molar-refractivity contribution in [2.75, 3.05) is 0 Å². The smallest absolute Gasteiger partial charge is 0.261 e. The Balaban J connectivity index is 1.94. The highest BCUT2D eigenvalue weighted by atomic mass is 16.1. The molecule has 1 aromatic heterocycles. The van der Waals surface area contributed by atoms with E-state index in [9.17, 15) is 4.79 Å². The Morgan fingerprint density at radius 3 is 2.54 bits per heavy atom. The summed E-state index contributed by atoms with van der Waals surface area (Å²) in [6, 6.07) is 17.8. The minimum atomic E-state index is -0.00550. The van der Waals surface area contributed by atoms with E-state index in [2.05, 4.69) is 31.3 Å². The van der Waals surface area contributed by atoms with E-state index in [1.54, 1.807) is 0 Å². The molecular weight excluding hydrogens is 298 g/mol. The summed E-state index contributed by atoms with van der Waals surface area (Å²) in [6.45, 7) is 5.57. The number of para-hydroxylation sites is 1. The summed E-state index contributed by atoms with van der Waals surface area (Å²) in [4.78, 5) is 17.6. The molecule has 3 rings (SSSR count). The molecule has 0 aliphatic rings. The average Bonchev–Trinajstić information content (AvgIpc) is 2.63. The van der Waals surface area contributed by atoms with Gasteiger partial charge in [-0.15, -0.1) is 0 Å². The minimum Gasteiger partial charge on any atom is -0.303 e. The molecule has 24 heavy (non-hydrogen) atoms. The quantitative estimate of drug-likeness (QED) is 0.754. The van der Waals surface area contributed by atoms with E-state index in [0.29, 0.717) is 11.9 Å². The van der Waals surface area contributed by atoms with Crippen molar-refractivity contribution in [2.45, 2.75) is 39.4 Å². The van der Waals surface area contributed by atoms with Gasteiger partial charge in [0.15, 0.2) is 0 Å². The van der Waals surface area contributed by atoms with E-state index in [-0.39, 0.29) is 11.6 Å². The lowest BCUT2D eigenvalue weighted by Gasteiger charge is -2.19. The molecule has 124 valence electrons. The third-order valence-electron chi connectivity index (χ3n) is 4.18. The van der Waals surface area contributed by atoms with Gasteiger partial charge in [0, 0.05) is 13.1 Å². The molecule has 0 saturated carbocycles. The molecule has 4 heteroatoms. The first-order valence-electron chi connectivity index (χ1n) is 8.47. The maximum Gasteiger partial charge on any atom is 0.261 e. The van der Waals surface area contributed by atoms with Crippen LogP contribution in [0, 0.1) is 0 Å². The molecule has 2 aromatic carbocycles. The Hall–Kier alpha value is -2.46. The van der Waals surface area contributed by atoms with Crippen molar-refractivity contribution in [2.24, 2.45) is 0 Å². The molecule has 0 saturated heterocycles. The van der Waals surface area contributed by atoms with Gasteiger partial charge < -0.3 is 5.32 Å². The van der Waals surface area contributed by atoms with Crippen LogP contribution in [0.5, 0.6) is 0 Å². The molecule has 0 unspecified atom stereocenters. The minimum absolute atomic E-state index is 0.00550. The Morgan fingerprint density at radius 1 is 1.08 bits per heavy atom. The number of benzene rings is 2. The van der Waals surface area contributed by atoms with Crippen molar-refractivity contribution in [1.82, 2.24) is 14.9 Å². The number of hydrogen-bond donors (Lipinski definition) is 1. The number of rotatable bonds is 6. The largest absolute Gasteiger partial charge is 0.303 e. The van der Waals surface area contributed by atoms with E-state index >= 15 is 0 Å². The van der Waals surface area contributed by atoms with Crippen LogP contribution < -0.4 is 10.9 Å². The summed E-state index contributed by atoms with van der Waals surface area (Å²) in [7, 11) is 0. The molecule has 3 aromatic rings. The Kier molecular flexibility index (Phi) is 5.06. The van der Waals surface area contributed by atoms with Gasteiger partial charge in [-0.1, -0.05) is 49.4 Å². The lowest BCUT2D eigenvalue weighted by atomic mass is 10.2. The summed E-state index contributed by atoms with van der Waals surface area (Å²) < 4.78 is 1.81. The highest BCUT2D eigenvalue weighted by molar-refractivity contribution is 5.77. The second-order valence-corrected chi connectivity index (χ2v) is 6.03. The van der Waals surface area contributed by atoms with Gasteiger partial charge in [0.2, 0.25) is 0 Å². The topological polar surface area (TPSA) is 46.9 Å². The maximum atomic E-state index is 12.8. The van der Waals surface area contributed by atoms with Gasteiger partial charge in [0.25, 0.3) is 5.56 Å². The highest BCUT2D eigenvalue weighted by Gasteiger charge is 2.15. The summed E-state index contributed by atoms with van der Waals surface area (Å²) >= 11 is 0. The summed E-state index contributed by atoms with van der Waals surface area (Å²) in [5.74, 6) is 0.802. The van der Waals surface area contributed by atoms with Crippen molar-refractivity contribution in [1.29, 1.82) is 0 Å². The van der Waals surface area contributed by atoms with Crippen LogP contribution in [0.3, 0.4) is 0 Å². The molecule has 4 nitrogen and oxygen atoms in total. The van der Waals surface area contributed by atoms with E-state index in [1.165, 1.54) is 5.56 Å². The second-order valence-electron chi connectivity index (χ2n) is 6.03. The average molecular weight is 321 g/mol. The van der Waals surface area contributed by atoms with Crippen LogP contribution in [0.1, 0.15) is 37.7 Å². The molecule has 0 spiro atoms. The highest BCUT2D eigenvalue weighted by Crippen LogP contribution is 2.15. The molecule has 0 aliphatic carbocycles. The number of hydrogen-bond acceptors (Lipinski definition) is 3. The molecule has 0 fully saturated rings. The van der Waals surface area contributed by atoms with E-state index in [4.69, 9.17) is 4.98 Å². The normalized spacial score (nSPS) is 12.4. The van der Waals surface area contributed by atoms with Gasteiger partial charge in [0.05, 0.1) is 16.9 Å². The molecule has 0 amide bonds. The zero-order valence-corrected chi connectivity index (χ0v) is 14.2. The van der Waals surface area contributed by atoms with Gasteiger partial charge in [-0.3, -0.25) is 9.36 Å². The standard InChI is InChI=1S/C20H23N3O/c1-3-13-23-19(15(2)21-14-16-9-5-4-6-10-16)22-18-12-8-7-11-17(18)20(23)24/h4-12,15,21H,3,13-14H2,1-2H3/t15-/m1/s1. The zero-order chi connectivity index (χ0) is 16.9. The summed E-state index contributed by atoms with van der Waals surface area (Å²) in [5, 5.41) is 4.17. The molecule has 0 aliphatic heterocycles. The SMILES string of the molecule is CCCn1c([C@@H](C)NCc2ccccc2)nc2ccccc2c1=O. The maximum absolute atomic E-state index is 12.8. The van der Waals surface area contributed by atoms with Crippen molar-refractivity contribution < 1.29 is 0 Å². The van der Waals surface area contributed by atoms with Crippen molar-refractivity contribution >= 4 is 10.9 Å². The van der Waals surface area contributed by atoms with Crippen molar-refractivity contribution in [3.63, 3.8) is 0 Å². The fourth-order valence-corrected chi connectivity index (χ4v) is 2.91. The first kappa shape index (κ1) is 16.4. The van der Waals surface area contributed by atoms with Crippen LogP contribution in [-0.4, -0.2) is 9.55 Å². The van der Waals surface area contributed by atoms with E-state index in [0.717, 1.165) is 24.3 Å². The Bertz CT molecular complexity index is 871. The number of nitrogens with zero attached hydrogens (tertiary/aromatic N) is 2. The monoisotopic (exact) mass is 321 g/mol. The van der Waals surface area contributed by atoms with Crippen LogP contribution in [-0.2, 0) is 13.1 Å². The molecule has 1 heterocycles. The first-order valence-corrected chi connectivity index (χ1v) is 8.47. The van der Waals surface area contributed by atoms with Crippen LogP contribution >= 0.6 is 0 Å². The predicted molar refractivity (Wildman–Crippen MR) is 98.0 cm³/mol. The van der Waals surface area contributed by atoms with Gasteiger partial charge in [0.1, 0.15) is 5.82 Å². The van der Waals surface area contributed by atoms with E-state index in [1.807, 2.05) is 47.0 Å². The summed E-state index contributed by atoms with van der Waals surface area (Å²) in [6.07, 6.45) is 0.901. The van der Waals surface area contributed by atoms with Gasteiger partial charge in [-0.25, -0.2) is 4.98 Å². The third kappa shape index (κ3) is 3.39. The van der Waals surface area contributed by atoms with Crippen molar-refractivity contribution in [3.8, 4) is 0 Å². The number of aromatic nitrogens is 2. The third-order valence-corrected chi connectivity index (χ3v) is 4.18. The zero-order valence-electron chi connectivity index (χ0n) is 14.2. The first-order chi connectivity index (χ1) is 11.7. The van der Waals surface area contributed by atoms with Crippen molar-refractivity contribution in [3.05, 3.63) is 76.3 Å². The molecule has 1 atom stereocenters. The van der Waals surface area contributed by atoms with Crippen LogP contribution in [0.25, 0.3) is 10.9 Å². The second kappa shape index (κ2) is 7.41. The number of fused-ring (bicyclic) bond motifs is 1. The van der Waals surface area contributed by atoms with E-state index < -0.39 is 0 Å². The molecule has 0 radical (unpaired) electrons. The molecular formula is C20H23N3O. The van der Waals surface area contributed by atoms with Gasteiger partial charge in [-0.05, 0) is 31.0 Å². The predicted octanol–water partition coefficient (Wildman–Crippen LogP) is 3.66. The van der Waals surface area contributed by atoms with Crippen LogP contribution in [0.4, 0.5) is 0 Å². The van der Waals surface area contributed by atoms with Crippen LogP contribution in [0.15, 0.2) is 59.4 Å².